The van der Waals surface area contributed by atoms with Gasteiger partial charge in [-0.2, -0.15) is 0 Å². The molecule has 0 aliphatic rings. The third-order valence-corrected chi connectivity index (χ3v) is 2.72. The lowest BCUT2D eigenvalue weighted by Crippen LogP contribution is -2.12. The van der Waals surface area contributed by atoms with Gasteiger partial charge in [-0.25, -0.2) is 0 Å². The second-order valence-electron chi connectivity index (χ2n) is 4.46. The number of hydrogen-bond donors (Lipinski definition) is 3. The number of nitrogen functional groups attached to an aromatic ring is 1. The number of nitrogens with one attached hydrogen (secondary N) is 1. The molecule has 1 rings (SSSR count). The highest BCUT2D eigenvalue weighted by atomic mass is 16.4. The normalized spacial score (nSPS) is 10.2. The zero-order valence-electron chi connectivity index (χ0n) is 11.1. The van der Waals surface area contributed by atoms with Gasteiger partial charge in [-0.3, -0.25) is 9.59 Å². The van der Waals surface area contributed by atoms with Gasteiger partial charge >= 0.3 is 5.97 Å². The van der Waals surface area contributed by atoms with Gasteiger partial charge in [0.15, 0.2) is 0 Å². The Hall–Kier alpha value is -2.04. The van der Waals surface area contributed by atoms with E-state index in [2.05, 4.69) is 5.32 Å². The standard InChI is InChI=1S/C14H20N2O3/c1-2-4-13(17)16-12-9-11(15)8-7-10(12)5-3-6-14(18)19/h7-9H,2-6,15H2,1H3,(H,16,17)(H,18,19). The minimum absolute atomic E-state index is 0.0485. The van der Waals surface area contributed by atoms with Crippen molar-refractivity contribution in [3.8, 4) is 0 Å². The topological polar surface area (TPSA) is 92.4 Å². The molecule has 4 N–H and O–H groups in total. The van der Waals surface area contributed by atoms with Crippen LogP contribution >= 0.6 is 0 Å². The zero-order chi connectivity index (χ0) is 14.3. The van der Waals surface area contributed by atoms with E-state index in [-0.39, 0.29) is 12.3 Å². The summed E-state index contributed by atoms with van der Waals surface area (Å²) in [4.78, 5) is 22.1. The maximum Gasteiger partial charge on any atom is 0.303 e. The lowest BCUT2D eigenvalue weighted by atomic mass is 10.0. The van der Waals surface area contributed by atoms with Crippen LogP contribution in [0.15, 0.2) is 18.2 Å². The molecular weight excluding hydrogens is 244 g/mol. The molecule has 19 heavy (non-hydrogen) atoms. The summed E-state index contributed by atoms with van der Waals surface area (Å²) in [7, 11) is 0. The highest BCUT2D eigenvalue weighted by Gasteiger charge is 2.08. The molecule has 0 fully saturated rings. The predicted octanol–water partition coefficient (Wildman–Crippen LogP) is 2.41. The van der Waals surface area contributed by atoms with Crippen LogP contribution < -0.4 is 11.1 Å². The number of carbonyl (C=O) groups is 2. The number of benzene rings is 1. The van der Waals surface area contributed by atoms with Crippen LogP contribution in [0, 0.1) is 0 Å². The second kappa shape index (κ2) is 7.41. The Kier molecular flexibility index (Phi) is 5.85. The van der Waals surface area contributed by atoms with E-state index < -0.39 is 5.97 Å². The third kappa shape index (κ3) is 5.42. The molecule has 5 nitrogen and oxygen atoms in total. The van der Waals surface area contributed by atoms with Crippen LogP contribution in [0.5, 0.6) is 0 Å². The van der Waals surface area contributed by atoms with Gasteiger partial charge in [-0.05, 0) is 37.0 Å². The molecule has 0 unspecified atom stereocenters. The summed E-state index contributed by atoms with van der Waals surface area (Å²) in [5.41, 5.74) is 7.89. The van der Waals surface area contributed by atoms with Crippen molar-refractivity contribution in [3.63, 3.8) is 0 Å². The second-order valence-corrected chi connectivity index (χ2v) is 4.46. The Labute approximate surface area is 112 Å². The third-order valence-electron chi connectivity index (χ3n) is 2.72. The first-order valence-electron chi connectivity index (χ1n) is 6.43. The van der Waals surface area contributed by atoms with Crippen molar-refractivity contribution in [2.75, 3.05) is 11.1 Å². The monoisotopic (exact) mass is 264 g/mol. The first-order valence-corrected chi connectivity index (χ1v) is 6.43. The Morgan fingerprint density at radius 1 is 1.32 bits per heavy atom. The molecule has 0 radical (unpaired) electrons. The van der Waals surface area contributed by atoms with E-state index >= 15 is 0 Å². The summed E-state index contributed by atoms with van der Waals surface area (Å²) in [6.07, 6.45) is 2.50. The maximum absolute atomic E-state index is 11.6. The lowest BCUT2D eigenvalue weighted by Gasteiger charge is -2.11. The zero-order valence-corrected chi connectivity index (χ0v) is 11.1. The Morgan fingerprint density at radius 2 is 2.05 bits per heavy atom. The molecular formula is C14H20N2O3. The van der Waals surface area contributed by atoms with Gasteiger partial charge in [-0.15, -0.1) is 0 Å². The summed E-state index contributed by atoms with van der Waals surface area (Å²) in [6.45, 7) is 1.94. The van der Waals surface area contributed by atoms with Crippen LogP contribution in [0.3, 0.4) is 0 Å². The predicted molar refractivity (Wildman–Crippen MR) is 75.0 cm³/mol. The van der Waals surface area contributed by atoms with Gasteiger partial charge in [0.2, 0.25) is 5.91 Å². The highest BCUT2D eigenvalue weighted by molar-refractivity contribution is 5.92. The summed E-state index contributed by atoms with van der Waals surface area (Å²) >= 11 is 0. The quantitative estimate of drug-likeness (QED) is 0.659. The summed E-state index contributed by atoms with van der Waals surface area (Å²) < 4.78 is 0. The van der Waals surface area contributed by atoms with Crippen molar-refractivity contribution < 1.29 is 14.7 Å². The molecule has 0 aliphatic carbocycles. The first-order chi connectivity index (χ1) is 9.02. The fourth-order valence-corrected chi connectivity index (χ4v) is 1.80. The molecule has 0 heterocycles. The molecule has 104 valence electrons. The van der Waals surface area contributed by atoms with Crippen LogP contribution in [-0.2, 0) is 16.0 Å². The van der Waals surface area contributed by atoms with Crippen molar-refractivity contribution in [2.45, 2.75) is 39.0 Å². The largest absolute Gasteiger partial charge is 0.481 e. The fraction of sp³-hybridized carbons (Fsp3) is 0.429. The Bertz CT molecular complexity index is 458. The molecule has 0 spiro atoms. The van der Waals surface area contributed by atoms with Gasteiger partial charge < -0.3 is 16.2 Å². The van der Waals surface area contributed by atoms with Crippen molar-refractivity contribution in [1.29, 1.82) is 0 Å². The fourth-order valence-electron chi connectivity index (χ4n) is 1.80. The van der Waals surface area contributed by atoms with Gasteiger partial charge in [0.05, 0.1) is 0 Å². The van der Waals surface area contributed by atoms with Crippen molar-refractivity contribution in [1.82, 2.24) is 0 Å². The van der Waals surface area contributed by atoms with E-state index in [1.807, 2.05) is 13.0 Å². The average Bonchev–Trinajstić information content (AvgIpc) is 2.31. The summed E-state index contributed by atoms with van der Waals surface area (Å²) in [5.74, 6) is -0.861. The van der Waals surface area contributed by atoms with E-state index in [9.17, 15) is 9.59 Å². The van der Waals surface area contributed by atoms with E-state index in [4.69, 9.17) is 10.8 Å². The molecule has 1 aromatic carbocycles. The van der Waals surface area contributed by atoms with Crippen LogP contribution in [-0.4, -0.2) is 17.0 Å². The SMILES string of the molecule is CCCC(=O)Nc1cc(N)ccc1CCCC(=O)O. The average molecular weight is 264 g/mol. The smallest absolute Gasteiger partial charge is 0.303 e. The van der Waals surface area contributed by atoms with Gasteiger partial charge in [0.1, 0.15) is 0 Å². The van der Waals surface area contributed by atoms with E-state index in [0.29, 0.717) is 30.6 Å². The maximum atomic E-state index is 11.6. The molecule has 0 saturated heterocycles. The molecule has 0 aromatic heterocycles. The molecule has 5 heteroatoms. The van der Waals surface area contributed by atoms with Crippen molar-refractivity contribution >= 4 is 23.3 Å². The van der Waals surface area contributed by atoms with E-state index in [1.165, 1.54) is 0 Å². The number of aliphatic carboxylic acids is 1. The lowest BCUT2D eigenvalue weighted by molar-refractivity contribution is -0.137. The molecule has 0 atom stereocenters. The highest BCUT2D eigenvalue weighted by Crippen LogP contribution is 2.21. The molecule has 1 amide bonds. The van der Waals surface area contributed by atoms with Gasteiger partial charge in [-0.1, -0.05) is 13.0 Å². The number of rotatable bonds is 7. The number of carboxylic acid groups (broad SMARTS) is 1. The number of carboxylic acids is 1. The number of hydrogen-bond acceptors (Lipinski definition) is 3. The number of nitrogens with two attached hydrogens (primary N) is 1. The van der Waals surface area contributed by atoms with E-state index in [1.54, 1.807) is 12.1 Å². The number of aryl methyl sites for hydroxylation is 1. The van der Waals surface area contributed by atoms with Crippen molar-refractivity contribution in [2.24, 2.45) is 0 Å². The molecule has 0 bridgehead atoms. The minimum atomic E-state index is -0.813. The number of anilines is 2. The van der Waals surface area contributed by atoms with Crippen LogP contribution in [0.1, 0.15) is 38.2 Å². The molecule has 0 aliphatic heterocycles. The van der Waals surface area contributed by atoms with Gasteiger partial charge in [0, 0.05) is 24.2 Å². The van der Waals surface area contributed by atoms with Crippen molar-refractivity contribution in [3.05, 3.63) is 23.8 Å². The number of carbonyl (C=O) groups excluding carboxylic acids is 1. The van der Waals surface area contributed by atoms with Crippen LogP contribution in [0.4, 0.5) is 11.4 Å². The molecule has 1 aromatic rings. The Morgan fingerprint density at radius 3 is 2.68 bits per heavy atom. The summed E-state index contributed by atoms with van der Waals surface area (Å²) in [6, 6.07) is 5.30. The summed E-state index contributed by atoms with van der Waals surface area (Å²) in [5, 5.41) is 11.5. The first kappa shape index (κ1) is 15.0. The van der Waals surface area contributed by atoms with Gasteiger partial charge in [0.25, 0.3) is 0 Å². The Balaban J connectivity index is 2.73. The number of amides is 1. The van der Waals surface area contributed by atoms with E-state index in [0.717, 1.165) is 12.0 Å². The van der Waals surface area contributed by atoms with Crippen LogP contribution in [0.2, 0.25) is 0 Å². The van der Waals surface area contributed by atoms with Crippen LogP contribution in [0.25, 0.3) is 0 Å². The minimum Gasteiger partial charge on any atom is -0.481 e. The molecule has 0 saturated carbocycles.